The normalized spacial score (nSPS) is 11.4. The fourth-order valence-electron chi connectivity index (χ4n) is 2.05. The first-order valence-corrected chi connectivity index (χ1v) is 6.87. The summed E-state index contributed by atoms with van der Waals surface area (Å²) < 4.78 is 58.8. The highest BCUT2D eigenvalue weighted by atomic mass is 19.4. The van der Waals surface area contributed by atoms with E-state index in [1.807, 2.05) is 0 Å². The second kappa shape index (κ2) is 6.43. The van der Waals surface area contributed by atoms with Gasteiger partial charge in [-0.25, -0.2) is 0 Å². The summed E-state index contributed by atoms with van der Waals surface area (Å²) in [6.07, 6.45) is -4.81. The molecule has 1 heterocycles. The van der Waals surface area contributed by atoms with Crippen LogP contribution in [0, 0.1) is 15.9 Å². The molecule has 2 aromatic carbocycles. The minimum absolute atomic E-state index is 0.0303. The van der Waals surface area contributed by atoms with E-state index in [0.717, 1.165) is 24.3 Å². The number of nitro groups is 1. The fraction of sp³-hybridized carbons (Fsp3) is 0.0667. The van der Waals surface area contributed by atoms with Crippen LogP contribution in [0.25, 0.3) is 22.8 Å². The van der Waals surface area contributed by atoms with Gasteiger partial charge in [0.2, 0.25) is 11.6 Å². The zero-order valence-corrected chi connectivity index (χ0v) is 12.5. The number of nitro benzene ring substituents is 1. The van der Waals surface area contributed by atoms with E-state index in [2.05, 4.69) is 14.9 Å². The van der Waals surface area contributed by atoms with E-state index in [1.54, 1.807) is 0 Å². The van der Waals surface area contributed by atoms with Gasteiger partial charge in [-0.1, -0.05) is 5.16 Å². The van der Waals surface area contributed by atoms with Gasteiger partial charge in [0.1, 0.15) is 5.75 Å². The van der Waals surface area contributed by atoms with Crippen LogP contribution in [-0.2, 0) is 0 Å². The zero-order valence-electron chi connectivity index (χ0n) is 12.5. The molecule has 3 rings (SSSR count). The van der Waals surface area contributed by atoms with E-state index in [1.165, 1.54) is 18.2 Å². The number of halogens is 4. The molecule has 0 aliphatic carbocycles. The van der Waals surface area contributed by atoms with Crippen LogP contribution in [0.1, 0.15) is 0 Å². The molecule has 0 saturated carbocycles. The van der Waals surface area contributed by atoms with Crippen molar-refractivity contribution in [2.24, 2.45) is 0 Å². The summed E-state index contributed by atoms with van der Waals surface area (Å²) in [5.74, 6) is -1.55. The van der Waals surface area contributed by atoms with Crippen LogP contribution in [0.2, 0.25) is 0 Å². The van der Waals surface area contributed by atoms with Crippen LogP contribution in [0.15, 0.2) is 47.0 Å². The van der Waals surface area contributed by atoms with Crippen molar-refractivity contribution < 1.29 is 31.7 Å². The highest BCUT2D eigenvalue weighted by molar-refractivity contribution is 5.61. The summed E-state index contributed by atoms with van der Waals surface area (Å²) in [7, 11) is 0. The number of alkyl halides is 3. The number of hydrogen-bond donors (Lipinski definition) is 0. The molecule has 0 spiro atoms. The molecule has 0 unspecified atom stereocenters. The van der Waals surface area contributed by atoms with E-state index < -0.39 is 28.5 Å². The maximum Gasteiger partial charge on any atom is 0.573 e. The van der Waals surface area contributed by atoms with E-state index in [-0.39, 0.29) is 17.3 Å². The number of benzene rings is 2. The number of ether oxygens (including phenoxy) is 1. The van der Waals surface area contributed by atoms with Crippen LogP contribution in [0.5, 0.6) is 5.75 Å². The van der Waals surface area contributed by atoms with Crippen LogP contribution in [-0.4, -0.2) is 21.4 Å². The Morgan fingerprint density at radius 1 is 1.08 bits per heavy atom. The van der Waals surface area contributed by atoms with Gasteiger partial charge in [0.05, 0.1) is 4.92 Å². The first-order chi connectivity index (χ1) is 12.2. The summed E-state index contributed by atoms with van der Waals surface area (Å²) >= 11 is 0. The molecule has 0 bridgehead atoms. The van der Waals surface area contributed by atoms with Crippen molar-refractivity contribution in [1.82, 2.24) is 10.1 Å². The maximum atomic E-state index is 13.7. The number of rotatable bonds is 4. The molecule has 0 atom stereocenters. The first kappa shape index (κ1) is 17.3. The summed E-state index contributed by atoms with van der Waals surface area (Å²) in [6.45, 7) is 0. The topological polar surface area (TPSA) is 91.3 Å². The van der Waals surface area contributed by atoms with Crippen LogP contribution in [0.3, 0.4) is 0 Å². The Morgan fingerprint density at radius 2 is 1.73 bits per heavy atom. The predicted octanol–water partition coefficient (Wildman–Crippen LogP) is 4.35. The second-order valence-electron chi connectivity index (χ2n) is 4.92. The minimum Gasteiger partial charge on any atom is -0.406 e. The third-order valence-electron chi connectivity index (χ3n) is 3.16. The highest BCUT2D eigenvalue weighted by Crippen LogP contribution is 2.28. The molecular formula is C15H7F4N3O4. The average molecular weight is 369 g/mol. The summed E-state index contributed by atoms with van der Waals surface area (Å²) in [4.78, 5) is 13.7. The quantitative estimate of drug-likeness (QED) is 0.386. The Balaban J connectivity index is 1.84. The lowest BCUT2D eigenvalue weighted by Crippen LogP contribution is -2.16. The first-order valence-electron chi connectivity index (χ1n) is 6.87. The fourth-order valence-corrected chi connectivity index (χ4v) is 2.05. The van der Waals surface area contributed by atoms with Crippen molar-refractivity contribution in [2.45, 2.75) is 6.36 Å². The van der Waals surface area contributed by atoms with Gasteiger partial charge in [-0.2, -0.15) is 9.37 Å². The van der Waals surface area contributed by atoms with E-state index in [0.29, 0.717) is 5.56 Å². The van der Waals surface area contributed by atoms with Crippen LogP contribution >= 0.6 is 0 Å². The standard InChI is InChI=1S/C15H7F4N3O4/c16-11-7-9(3-6-12(11)22(23)24)13-20-14(26-21-13)8-1-4-10(5-2-8)25-15(17,18)19/h1-7H. The van der Waals surface area contributed by atoms with E-state index in [4.69, 9.17) is 4.52 Å². The van der Waals surface area contributed by atoms with Crippen molar-refractivity contribution >= 4 is 5.69 Å². The lowest BCUT2D eigenvalue weighted by Gasteiger charge is -2.08. The van der Waals surface area contributed by atoms with Gasteiger partial charge in [0.15, 0.2) is 0 Å². The molecule has 0 saturated heterocycles. The Labute approximate surface area is 142 Å². The smallest absolute Gasteiger partial charge is 0.406 e. The second-order valence-corrected chi connectivity index (χ2v) is 4.92. The van der Waals surface area contributed by atoms with Gasteiger partial charge in [0, 0.05) is 17.2 Å². The van der Waals surface area contributed by atoms with Gasteiger partial charge in [0.25, 0.3) is 5.89 Å². The molecule has 0 N–H and O–H groups in total. The van der Waals surface area contributed by atoms with Gasteiger partial charge in [-0.3, -0.25) is 10.1 Å². The molecule has 0 fully saturated rings. The Bertz CT molecular complexity index is 954. The number of hydrogen-bond acceptors (Lipinski definition) is 6. The molecule has 0 aliphatic rings. The summed E-state index contributed by atoms with van der Waals surface area (Å²) in [5, 5.41) is 14.2. The predicted molar refractivity (Wildman–Crippen MR) is 78.5 cm³/mol. The Kier molecular flexibility index (Phi) is 4.28. The Hall–Kier alpha value is -3.50. The largest absolute Gasteiger partial charge is 0.573 e. The highest BCUT2D eigenvalue weighted by Gasteiger charge is 2.31. The third-order valence-corrected chi connectivity index (χ3v) is 3.16. The minimum atomic E-state index is -4.81. The lowest BCUT2D eigenvalue weighted by atomic mass is 10.2. The van der Waals surface area contributed by atoms with E-state index in [9.17, 15) is 27.7 Å². The van der Waals surface area contributed by atoms with Gasteiger partial charge >= 0.3 is 12.0 Å². The zero-order chi connectivity index (χ0) is 18.9. The molecular weight excluding hydrogens is 362 g/mol. The molecule has 1 aromatic heterocycles. The van der Waals surface area contributed by atoms with Crippen molar-refractivity contribution in [2.75, 3.05) is 0 Å². The molecule has 7 nitrogen and oxygen atoms in total. The summed E-state index contributed by atoms with van der Waals surface area (Å²) in [6, 6.07) is 7.77. The molecule has 0 aliphatic heterocycles. The van der Waals surface area contributed by atoms with Crippen molar-refractivity contribution in [3.05, 3.63) is 58.4 Å². The Morgan fingerprint density at radius 3 is 2.31 bits per heavy atom. The van der Waals surface area contributed by atoms with Crippen molar-refractivity contribution in [1.29, 1.82) is 0 Å². The molecule has 0 amide bonds. The van der Waals surface area contributed by atoms with Gasteiger partial charge in [-0.05, 0) is 36.4 Å². The number of aromatic nitrogens is 2. The van der Waals surface area contributed by atoms with Gasteiger partial charge < -0.3 is 9.26 Å². The molecule has 11 heteroatoms. The van der Waals surface area contributed by atoms with Crippen molar-refractivity contribution in [3.63, 3.8) is 0 Å². The molecule has 3 aromatic rings. The van der Waals surface area contributed by atoms with Gasteiger partial charge in [-0.15, -0.1) is 13.2 Å². The third kappa shape index (κ3) is 3.77. The van der Waals surface area contributed by atoms with Crippen LogP contribution in [0.4, 0.5) is 23.2 Å². The van der Waals surface area contributed by atoms with Crippen molar-refractivity contribution in [3.8, 4) is 28.6 Å². The molecule has 134 valence electrons. The number of nitrogens with zero attached hydrogens (tertiary/aromatic N) is 3. The molecule has 0 radical (unpaired) electrons. The lowest BCUT2D eigenvalue weighted by molar-refractivity contribution is -0.387. The van der Waals surface area contributed by atoms with E-state index >= 15 is 0 Å². The maximum absolute atomic E-state index is 13.7. The average Bonchev–Trinajstić information content (AvgIpc) is 3.03. The van der Waals surface area contributed by atoms with Crippen LogP contribution < -0.4 is 4.74 Å². The monoisotopic (exact) mass is 369 g/mol. The SMILES string of the molecule is O=[N+]([O-])c1ccc(-c2noc(-c3ccc(OC(F)(F)F)cc3)n2)cc1F. The molecule has 26 heavy (non-hydrogen) atoms. The summed E-state index contributed by atoms with van der Waals surface area (Å²) in [5.41, 5.74) is -0.251.